The molecule has 102 valence electrons. The highest BCUT2D eigenvalue weighted by Crippen LogP contribution is 2.28. The SMILES string of the molecule is CC(CNC(=O)N1CCc2ccc(F)cc21)C(=O)O. The minimum absolute atomic E-state index is 0.0509. The number of benzene rings is 1. The van der Waals surface area contributed by atoms with Crippen molar-refractivity contribution in [2.75, 3.05) is 18.0 Å². The molecule has 0 saturated carbocycles. The predicted octanol–water partition coefficient (Wildman–Crippen LogP) is 1.62. The number of amides is 2. The molecule has 0 aromatic heterocycles. The monoisotopic (exact) mass is 266 g/mol. The molecule has 1 aliphatic rings. The van der Waals surface area contributed by atoms with Crippen molar-refractivity contribution in [3.8, 4) is 0 Å². The number of carboxylic acids is 1. The van der Waals surface area contributed by atoms with Crippen LogP contribution in [0.5, 0.6) is 0 Å². The van der Waals surface area contributed by atoms with Crippen LogP contribution in [-0.4, -0.2) is 30.2 Å². The summed E-state index contributed by atoms with van der Waals surface area (Å²) in [6.07, 6.45) is 0.678. The molecule has 1 heterocycles. The van der Waals surface area contributed by atoms with E-state index in [1.165, 1.54) is 24.0 Å². The molecule has 5 nitrogen and oxygen atoms in total. The van der Waals surface area contributed by atoms with E-state index in [-0.39, 0.29) is 6.54 Å². The highest BCUT2D eigenvalue weighted by atomic mass is 19.1. The van der Waals surface area contributed by atoms with Crippen molar-refractivity contribution in [2.24, 2.45) is 5.92 Å². The average Bonchev–Trinajstić information content (AvgIpc) is 2.78. The first-order valence-electron chi connectivity index (χ1n) is 6.05. The fourth-order valence-corrected chi connectivity index (χ4v) is 1.99. The zero-order valence-corrected chi connectivity index (χ0v) is 10.5. The van der Waals surface area contributed by atoms with Gasteiger partial charge >= 0.3 is 12.0 Å². The van der Waals surface area contributed by atoms with Crippen LogP contribution in [0.3, 0.4) is 0 Å². The standard InChI is InChI=1S/C13H15FN2O3/c1-8(12(17)18)7-15-13(19)16-5-4-9-2-3-10(14)6-11(9)16/h2-3,6,8H,4-5,7H2,1H3,(H,15,19)(H,17,18). The highest BCUT2D eigenvalue weighted by Gasteiger charge is 2.25. The second-order valence-electron chi connectivity index (χ2n) is 4.60. The summed E-state index contributed by atoms with van der Waals surface area (Å²) in [6.45, 7) is 2.04. The quantitative estimate of drug-likeness (QED) is 0.873. The number of fused-ring (bicyclic) bond motifs is 1. The Kier molecular flexibility index (Phi) is 3.69. The minimum atomic E-state index is -0.965. The van der Waals surface area contributed by atoms with Crippen LogP contribution in [0.1, 0.15) is 12.5 Å². The van der Waals surface area contributed by atoms with Crippen molar-refractivity contribution < 1.29 is 19.1 Å². The van der Waals surface area contributed by atoms with Gasteiger partial charge in [0.05, 0.1) is 11.6 Å². The van der Waals surface area contributed by atoms with Crippen molar-refractivity contribution in [1.82, 2.24) is 5.32 Å². The van der Waals surface area contributed by atoms with E-state index < -0.39 is 23.7 Å². The van der Waals surface area contributed by atoms with Crippen LogP contribution in [-0.2, 0) is 11.2 Å². The molecule has 2 rings (SSSR count). The number of nitrogens with zero attached hydrogens (tertiary/aromatic N) is 1. The highest BCUT2D eigenvalue weighted by molar-refractivity contribution is 5.94. The summed E-state index contributed by atoms with van der Waals surface area (Å²) in [5.41, 5.74) is 1.48. The summed E-state index contributed by atoms with van der Waals surface area (Å²) < 4.78 is 13.2. The molecule has 19 heavy (non-hydrogen) atoms. The molecule has 0 aliphatic carbocycles. The Morgan fingerprint density at radius 1 is 1.53 bits per heavy atom. The smallest absolute Gasteiger partial charge is 0.321 e. The van der Waals surface area contributed by atoms with E-state index in [9.17, 15) is 14.0 Å². The molecule has 2 amide bonds. The van der Waals surface area contributed by atoms with Gasteiger partial charge in [-0.3, -0.25) is 9.69 Å². The molecule has 2 N–H and O–H groups in total. The molecular weight excluding hydrogens is 251 g/mol. The predicted molar refractivity (Wildman–Crippen MR) is 67.6 cm³/mol. The normalized spacial score (nSPS) is 14.9. The number of hydrogen-bond donors (Lipinski definition) is 2. The van der Waals surface area contributed by atoms with Crippen LogP contribution in [0.4, 0.5) is 14.9 Å². The molecular formula is C13H15FN2O3. The van der Waals surface area contributed by atoms with Gasteiger partial charge in [-0.1, -0.05) is 13.0 Å². The van der Waals surface area contributed by atoms with Crippen molar-refractivity contribution >= 4 is 17.7 Å². The molecule has 1 unspecified atom stereocenters. The van der Waals surface area contributed by atoms with Crippen LogP contribution in [0.15, 0.2) is 18.2 Å². The Morgan fingerprint density at radius 3 is 2.95 bits per heavy atom. The lowest BCUT2D eigenvalue weighted by molar-refractivity contribution is -0.140. The number of carbonyl (C=O) groups is 2. The van der Waals surface area contributed by atoms with Gasteiger partial charge in [0.15, 0.2) is 0 Å². The number of anilines is 1. The van der Waals surface area contributed by atoms with Crippen LogP contribution in [0.25, 0.3) is 0 Å². The largest absolute Gasteiger partial charge is 0.481 e. The van der Waals surface area contributed by atoms with E-state index in [1.807, 2.05) is 0 Å². The van der Waals surface area contributed by atoms with Gasteiger partial charge in [0, 0.05) is 13.1 Å². The number of aliphatic carboxylic acids is 1. The summed E-state index contributed by atoms with van der Waals surface area (Å²) in [7, 11) is 0. The number of carboxylic acid groups (broad SMARTS) is 1. The van der Waals surface area contributed by atoms with Crippen LogP contribution in [0.2, 0.25) is 0 Å². The van der Waals surface area contributed by atoms with E-state index >= 15 is 0 Å². The molecule has 1 aromatic rings. The maximum Gasteiger partial charge on any atom is 0.321 e. The maximum absolute atomic E-state index is 13.2. The molecule has 0 radical (unpaired) electrons. The first kappa shape index (κ1) is 13.3. The van der Waals surface area contributed by atoms with Crippen LogP contribution >= 0.6 is 0 Å². The maximum atomic E-state index is 13.2. The van der Waals surface area contributed by atoms with E-state index in [2.05, 4.69) is 5.32 Å². The van der Waals surface area contributed by atoms with Gasteiger partial charge in [0.1, 0.15) is 5.82 Å². The second kappa shape index (κ2) is 5.26. The second-order valence-corrected chi connectivity index (χ2v) is 4.60. The minimum Gasteiger partial charge on any atom is -0.481 e. The number of hydrogen-bond acceptors (Lipinski definition) is 2. The fourth-order valence-electron chi connectivity index (χ4n) is 1.99. The summed E-state index contributed by atoms with van der Waals surface area (Å²) in [6, 6.07) is 3.96. The molecule has 1 atom stereocenters. The number of nitrogens with one attached hydrogen (secondary N) is 1. The topological polar surface area (TPSA) is 69.6 Å². The van der Waals surface area contributed by atoms with E-state index in [4.69, 9.17) is 5.11 Å². The first-order valence-corrected chi connectivity index (χ1v) is 6.05. The number of rotatable bonds is 3. The number of urea groups is 1. The zero-order valence-electron chi connectivity index (χ0n) is 10.5. The van der Waals surface area contributed by atoms with Gasteiger partial charge in [-0.05, 0) is 24.1 Å². The number of halogens is 1. The molecule has 0 bridgehead atoms. The Hall–Kier alpha value is -2.11. The Labute approximate surface area is 110 Å². The van der Waals surface area contributed by atoms with Gasteiger partial charge in [-0.2, -0.15) is 0 Å². The fraction of sp³-hybridized carbons (Fsp3) is 0.385. The molecule has 1 aromatic carbocycles. The van der Waals surface area contributed by atoms with Gasteiger partial charge in [-0.15, -0.1) is 0 Å². The van der Waals surface area contributed by atoms with Crippen molar-refractivity contribution in [1.29, 1.82) is 0 Å². The third-order valence-electron chi connectivity index (χ3n) is 3.17. The van der Waals surface area contributed by atoms with Crippen molar-refractivity contribution in [2.45, 2.75) is 13.3 Å². The Balaban J connectivity index is 2.03. The molecule has 0 fully saturated rings. The zero-order chi connectivity index (χ0) is 14.0. The summed E-state index contributed by atoms with van der Waals surface area (Å²) >= 11 is 0. The van der Waals surface area contributed by atoms with Crippen LogP contribution < -0.4 is 10.2 Å². The van der Waals surface area contributed by atoms with Crippen molar-refractivity contribution in [3.63, 3.8) is 0 Å². The molecule has 6 heteroatoms. The third-order valence-corrected chi connectivity index (χ3v) is 3.17. The first-order chi connectivity index (χ1) is 8.99. The third kappa shape index (κ3) is 2.83. The van der Waals surface area contributed by atoms with Gasteiger partial charge in [0.25, 0.3) is 0 Å². The van der Waals surface area contributed by atoms with Crippen LogP contribution in [0, 0.1) is 11.7 Å². The Morgan fingerprint density at radius 2 is 2.26 bits per heavy atom. The lowest BCUT2D eigenvalue weighted by Crippen LogP contribution is -2.41. The van der Waals surface area contributed by atoms with E-state index in [1.54, 1.807) is 6.07 Å². The number of carbonyl (C=O) groups excluding carboxylic acids is 1. The summed E-state index contributed by atoms with van der Waals surface area (Å²) in [5, 5.41) is 11.3. The molecule has 0 saturated heterocycles. The van der Waals surface area contributed by atoms with Gasteiger partial charge < -0.3 is 10.4 Å². The average molecular weight is 266 g/mol. The summed E-state index contributed by atoms with van der Waals surface area (Å²) in [4.78, 5) is 24.0. The van der Waals surface area contributed by atoms with Crippen molar-refractivity contribution in [3.05, 3.63) is 29.6 Å². The van der Waals surface area contributed by atoms with E-state index in [0.29, 0.717) is 18.7 Å². The Bertz CT molecular complexity index is 519. The lowest BCUT2D eigenvalue weighted by atomic mass is 10.2. The van der Waals surface area contributed by atoms with Gasteiger partial charge in [0.2, 0.25) is 0 Å². The lowest BCUT2D eigenvalue weighted by Gasteiger charge is -2.19. The molecule has 0 spiro atoms. The summed E-state index contributed by atoms with van der Waals surface area (Å²) in [5.74, 6) is -2.01. The van der Waals surface area contributed by atoms with Gasteiger partial charge in [-0.25, -0.2) is 9.18 Å². The van der Waals surface area contributed by atoms with E-state index in [0.717, 1.165) is 5.56 Å². The molecule has 1 aliphatic heterocycles.